The van der Waals surface area contributed by atoms with Gasteiger partial charge < -0.3 is 14.6 Å². The van der Waals surface area contributed by atoms with Crippen LogP contribution >= 0.6 is 23.6 Å². The molecule has 4 nitrogen and oxygen atoms in total. The van der Waals surface area contributed by atoms with E-state index >= 15 is 0 Å². The summed E-state index contributed by atoms with van der Waals surface area (Å²) in [6.07, 6.45) is 2.48. The van der Waals surface area contributed by atoms with Gasteiger partial charge in [-0.25, -0.2) is 0 Å². The third-order valence-corrected chi connectivity index (χ3v) is 6.10. The summed E-state index contributed by atoms with van der Waals surface area (Å²) in [6.45, 7) is 6.27. The second-order valence-electron chi connectivity index (χ2n) is 6.56. The van der Waals surface area contributed by atoms with E-state index in [-0.39, 0.29) is 12.0 Å². The third kappa shape index (κ3) is 4.77. The lowest BCUT2D eigenvalue weighted by Gasteiger charge is -2.32. The molecule has 0 radical (unpaired) electrons. The number of thiazole rings is 1. The predicted molar refractivity (Wildman–Crippen MR) is 104 cm³/mol. The number of hydrogen-bond donors (Lipinski definition) is 1. The van der Waals surface area contributed by atoms with Crippen molar-refractivity contribution in [3.05, 3.63) is 49.9 Å². The molecule has 1 saturated heterocycles. The Morgan fingerprint density at radius 2 is 2.04 bits per heavy atom. The van der Waals surface area contributed by atoms with Crippen LogP contribution in [0.2, 0.25) is 0 Å². The SMILES string of the molecule is Cc1ccccc1COC1CCN(C(=O)Cc2sc(=S)[nH]c2C)CC1. The van der Waals surface area contributed by atoms with Crippen LogP contribution in [0.15, 0.2) is 24.3 Å². The molecule has 1 aliphatic heterocycles. The molecule has 0 atom stereocenters. The van der Waals surface area contributed by atoms with Crippen molar-refractivity contribution in [3.63, 3.8) is 0 Å². The number of likely N-dealkylation sites (tertiary alicyclic amines) is 1. The van der Waals surface area contributed by atoms with E-state index in [1.807, 2.05) is 24.0 Å². The van der Waals surface area contributed by atoms with Gasteiger partial charge in [0.1, 0.15) is 0 Å². The molecular formula is C19H24N2O2S2. The lowest BCUT2D eigenvalue weighted by molar-refractivity contribution is -0.133. The predicted octanol–water partition coefficient (Wildman–Crippen LogP) is 4.17. The number of hydrogen-bond acceptors (Lipinski definition) is 4. The Morgan fingerprint density at radius 1 is 1.32 bits per heavy atom. The van der Waals surface area contributed by atoms with E-state index in [4.69, 9.17) is 17.0 Å². The third-order valence-electron chi connectivity index (χ3n) is 4.77. The van der Waals surface area contributed by atoms with Crippen LogP contribution in [-0.4, -0.2) is 35.0 Å². The summed E-state index contributed by atoms with van der Waals surface area (Å²) in [5.41, 5.74) is 3.52. The smallest absolute Gasteiger partial charge is 0.227 e. The van der Waals surface area contributed by atoms with E-state index in [0.29, 0.717) is 13.0 Å². The highest BCUT2D eigenvalue weighted by Crippen LogP contribution is 2.20. The van der Waals surface area contributed by atoms with Crippen LogP contribution in [0.25, 0.3) is 0 Å². The highest BCUT2D eigenvalue weighted by atomic mass is 32.1. The number of H-pyrrole nitrogens is 1. The number of piperidine rings is 1. The Kier molecular flexibility index (Phi) is 6.04. The molecule has 25 heavy (non-hydrogen) atoms. The van der Waals surface area contributed by atoms with Crippen molar-refractivity contribution < 1.29 is 9.53 Å². The van der Waals surface area contributed by atoms with Gasteiger partial charge in [-0.15, -0.1) is 11.3 Å². The number of aromatic nitrogens is 1. The molecule has 0 saturated carbocycles. The molecule has 1 aromatic carbocycles. The van der Waals surface area contributed by atoms with E-state index < -0.39 is 0 Å². The van der Waals surface area contributed by atoms with Gasteiger partial charge in [0.05, 0.1) is 19.1 Å². The first kappa shape index (κ1) is 18.3. The molecular weight excluding hydrogens is 352 g/mol. The Bertz CT molecular complexity index is 789. The van der Waals surface area contributed by atoms with Crippen molar-refractivity contribution in [2.45, 2.75) is 45.8 Å². The minimum Gasteiger partial charge on any atom is -0.373 e. The Balaban J connectivity index is 1.46. The topological polar surface area (TPSA) is 45.3 Å². The van der Waals surface area contributed by atoms with Crippen molar-refractivity contribution in [1.29, 1.82) is 0 Å². The summed E-state index contributed by atoms with van der Waals surface area (Å²) in [4.78, 5) is 18.6. The van der Waals surface area contributed by atoms with Gasteiger partial charge in [-0.05, 0) is 50.0 Å². The molecule has 1 aromatic heterocycles. The second kappa shape index (κ2) is 8.25. The standard InChI is InChI=1S/C19H24N2O2S2/c1-13-5-3-4-6-15(13)12-23-16-7-9-21(10-8-16)18(22)11-17-14(2)20-19(24)25-17/h3-6,16H,7-12H2,1-2H3,(H,20,24). The molecule has 0 spiro atoms. The Hall–Kier alpha value is -1.50. The normalized spacial score (nSPS) is 15.5. The van der Waals surface area contributed by atoms with Crippen molar-refractivity contribution in [2.24, 2.45) is 0 Å². The molecule has 1 amide bonds. The highest BCUT2D eigenvalue weighted by molar-refractivity contribution is 7.73. The quantitative estimate of drug-likeness (QED) is 0.797. The first-order valence-electron chi connectivity index (χ1n) is 8.65. The summed E-state index contributed by atoms with van der Waals surface area (Å²) in [6, 6.07) is 8.32. The lowest BCUT2D eigenvalue weighted by Crippen LogP contribution is -2.41. The van der Waals surface area contributed by atoms with Gasteiger partial charge in [0.15, 0.2) is 3.95 Å². The average Bonchev–Trinajstić information content (AvgIpc) is 2.92. The van der Waals surface area contributed by atoms with E-state index in [2.05, 4.69) is 24.0 Å². The highest BCUT2D eigenvalue weighted by Gasteiger charge is 2.24. The van der Waals surface area contributed by atoms with E-state index in [9.17, 15) is 4.79 Å². The lowest BCUT2D eigenvalue weighted by atomic mass is 10.1. The number of aryl methyl sites for hydroxylation is 2. The minimum atomic E-state index is 0.186. The van der Waals surface area contributed by atoms with Gasteiger partial charge in [0, 0.05) is 23.7 Å². The van der Waals surface area contributed by atoms with Crippen LogP contribution in [-0.2, 0) is 22.6 Å². The van der Waals surface area contributed by atoms with Crippen LogP contribution in [0.3, 0.4) is 0 Å². The maximum absolute atomic E-state index is 12.5. The Morgan fingerprint density at radius 3 is 2.68 bits per heavy atom. The number of carbonyl (C=O) groups excluding carboxylic acids is 1. The number of carbonyl (C=O) groups is 1. The first-order valence-corrected chi connectivity index (χ1v) is 9.88. The largest absolute Gasteiger partial charge is 0.373 e. The summed E-state index contributed by atoms with van der Waals surface area (Å²) in [5, 5.41) is 0. The molecule has 2 aromatic rings. The minimum absolute atomic E-state index is 0.186. The zero-order chi connectivity index (χ0) is 17.8. The molecule has 2 heterocycles. The number of ether oxygens (including phenoxy) is 1. The fourth-order valence-corrected chi connectivity index (χ4v) is 4.39. The number of nitrogens with zero attached hydrogens (tertiary/aromatic N) is 1. The molecule has 3 rings (SSSR count). The van der Waals surface area contributed by atoms with Gasteiger partial charge in [-0.3, -0.25) is 4.79 Å². The van der Waals surface area contributed by atoms with Gasteiger partial charge in [0.2, 0.25) is 5.91 Å². The number of rotatable bonds is 5. The summed E-state index contributed by atoms with van der Waals surface area (Å²) in [7, 11) is 0. The van der Waals surface area contributed by atoms with Crippen molar-refractivity contribution >= 4 is 29.5 Å². The van der Waals surface area contributed by atoms with E-state index in [1.54, 1.807) is 0 Å². The molecule has 0 aliphatic carbocycles. The van der Waals surface area contributed by atoms with E-state index in [1.165, 1.54) is 22.5 Å². The molecule has 1 aliphatic rings. The maximum Gasteiger partial charge on any atom is 0.227 e. The summed E-state index contributed by atoms with van der Waals surface area (Å²) >= 11 is 6.65. The Labute approximate surface area is 157 Å². The fourth-order valence-electron chi connectivity index (χ4n) is 3.11. The van der Waals surface area contributed by atoms with Crippen LogP contribution in [0.5, 0.6) is 0 Å². The van der Waals surface area contributed by atoms with Gasteiger partial charge >= 0.3 is 0 Å². The molecule has 0 bridgehead atoms. The van der Waals surface area contributed by atoms with Crippen LogP contribution < -0.4 is 0 Å². The van der Waals surface area contributed by atoms with Crippen LogP contribution in [0.4, 0.5) is 0 Å². The number of nitrogens with one attached hydrogen (secondary N) is 1. The molecule has 0 unspecified atom stereocenters. The summed E-state index contributed by atoms with van der Waals surface area (Å²) < 4.78 is 6.80. The van der Waals surface area contributed by atoms with Gasteiger partial charge in [-0.2, -0.15) is 0 Å². The van der Waals surface area contributed by atoms with Gasteiger partial charge in [-0.1, -0.05) is 24.3 Å². The monoisotopic (exact) mass is 376 g/mol. The number of amides is 1. The summed E-state index contributed by atoms with van der Waals surface area (Å²) in [5.74, 6) is 0.186. The molecule has 6 heteroatoms. The average molecular weight is 377 g/mol. The van der Waals surface area contributed by atoms with E-state index in [0.717, 1.165) is 40.5 Å². The molecule has 1 fully saturated rings. The van der Waals surface area contributed by atoms with Gasteiger partial charge in [0.25, 0.3) is 0 Å². The molecule has 1 N–H and O–H groups in total. The van der Waals surface area contributed by atoms with Crippen molar-refractivity contribution in [3.8, 4) is 0 Å². The zero-order valence-corrected chi connectivity index (χ0v) is 16.3. The van der Waals surface area contributed by atoms with Crippen molar-refractivity contribution in [2.75, 3.05) is 13.1 Å². The molecule has 134 valence electrons. The first-order chi connectivity index (χ1) is 12.0. The van der Waals surface area contributed by atoms with Crippen molar-refractivity contribution in [1.82, 2.24) is 9.88 Å². The number of aromatic amines is 1. The fraction of sp³-hybridized carbons (Fsp3) is 0.474. The second-order valence-corrected chi connectivity index (χ2v) is 8.33. The van der Waals surface area contributed by atoms with Crippen LogP contribution in [0, 0.1) is 17.8 Å². The van der Waals surface area contributed by atoms with Crippen LogP contribution in [0.1, 0.15) is 34.5 Å². The maximum atomic E-state index is 12.5. The zero-order valence-electron chi connectivity index (χ0n) is 14.7. The number of benzene rings is 1.